The quantitative estimate of drug-likeness (QED) is 0.445. The molecule has 1 heterocycles. The monoisotopic (exact) mass is 460 g/mol. The lowest BCUT2D eigenvalue weighted by molar-refractivity contribution is -0.113. The molecule has 1 unspecified atom stereocenters. The summed E-state index contributed by atoms with van der Waals surface area (Å²) in [5, 5.41) is 12.6. The van der Waals surface area contributed by atoms with Crippen molar-refractivity contribution in [2.45, 2.75) is 38.6 Å². The number of aryl methyl sites for hydroxylation is 1. The molecule has 0 bridgehead atoms. The van der Waals surface area contributed by atoms with Gasteiger partial charge in [-0.1, -0.05) is 29.4 Å². The maximum absolute atomic E-state index is 12.3. The van der Waals surface area contributed by atoms with Crippen LogP contribution in [0.25, 0.3) is 0 Å². The first-order valence-corrected chi connectivity index (χ1v) is 11.2. The Morgan fingerprint density at radius 2 is 1.97 bits per heavy atom. The second-order valence-corrected chi connectivity index (χ2v) is 8.19. The van der Waals surface area contributed by atoms with Gasteiger partial charge in [-0.05, 0) is 62.7 Å². The number of hydrogen-bond donors (Lipinski definition) is 1. The van der Waals surface area contributed by atoms with Crippen LogP contribution in [0.2, 0.25) is 5.02 Å². The van der Waals surface area contributed by atoms with E-state index >= 15 is 0 Å². The van der Waals surface area contributed by atoms with E-state index in [0.29, 0.717) is 34.0 Å². The number of methoxy groups -OCH3 is 1. The van der Waals surface area contributed by atoms with Crippen LogP contribution in [-0.4, -0.2) is 33.5 Å². The number of nitrogens with one attached hydrogen (secondary N) is 1. The van der Waals surface area contributed by atoms with Crippen molar-refractivity contribution in [2.75, 3.05) is 18.2 Å². The normalized spacial score (nSPS) is 11.8. The van der Waals surface area contributed by atoms with E-state index in [0.717, 1.165) is 11.3 Å². The molecule has 0 radical (unpaired) electrons. The van der Waals surface area contributed by atoms with Gasteiger partial charge in [-0.3, -0.25) is 4.79 Å². The molecule has 164 valence electrons. The maximum atomic E-state index is 12.3. The molecular weight excluding hydrogens is 436 g/mol. The van der Waals surface area contributed by atoms with E-state index in [1.165, 1.54) is 11.8 Å². The minimum absolute atomic E-state index is 0.127. The highest BCUT2D eigenvalue weighted by Crippen LogP contribution is 2.30. The average Bonchev–Trinajstić information content (AvgIpc) is 3.18. The lowest BCUT2D eigenvalue weighted by atomic mass is 10.2. The summed E-state index contributed by atoms with van der Waals surface area (Å²) in [6, 6.07) is 12.8. The molecule has 0 saturated heterocycles. The third-order valence-electron chi connectivity index (χ3n) is 4.52. The van der Waals surface area contributed by atoms with Gasteiger partial charge in [-0.15, -0.1) is 10.2 Å². The molecule has 0 fully saturated rings. The zero-order chi connectivity index (χ0) is 22.4. The molecule has 1 N–H and O–H groups in total. The molecule has 1 atom stereocenters. The summed E-state index contributed by atoms with van der Waals surface area (Å²) in [6.07, 6.45) is -0.353. The molecule has 2 aromatic carbocycles. The van der Waals surface area contributed by atoms with Gasteiger partial charge >= 0.3 is 0 Å². The van der Waals surface area contributed by atoms with Crippen LogP contribution in [0.3, 0.4) is 0 Å². The van der Waals surface area contributed by atoms with E-state index in [1.807, 2.05) is 43.5 Å². The molecule has 0 saturated carbocycles. The lowest BCUT2D eigenvalue weighted by Gasteiger charge is -2.16. The first kappa shape index (κ1) is 23.0. The minimum atomic E-state index is -0.353. The van der Waals surface area contributed by atoms with Crippen molar-refractivity contribution in [3.05, 3.63) is 58.9 Å². The fourth-order valence-electron chi connectivity index (χ4n) is 2.95. The third-order valence-corrected chi connectivity index (χ3v) is 5.80. The van der Waals surface area contributed by atoms with Gasteiger partial charge in [0, 0.05) is 12.2 Å². The fourth-order valence-corrected chi connectivity index (χ4v) is 3.92. The van der Waals surface area contributed by atoms with Gasteiger partial charge in [0.25, 0.3) is 0 Å². The first-order chi connectivity index (χ1) is 14.9. The maximum Gasteiger partial charge on any atom is 0.234 e. The summed E-state index contributed by atoms with van der Waals surface area (Å²) in [5.41, 5.74) is 1.77. The Kier molecular flexibility index (Phi) is 7.81. The van der Waals surface area contributed by atoms with Crippen LogP contribution in [0, 0.1) is 6.92 Å². The third kappa shape index (κ3) is 5.92. The smallest absolute Gasteiger partial charge is 0.234 e. The minimum Gasteiger partial charge on any atom is -0.497 e. The number of anilines is 1. The second kappa shape index (κ2) is 10.5. The van der Waals surface area contributed by atoms with Crippen LogP contribution >= 0.6 is 23.4 Å². The highest BCUT2D eigenvalue weighted by atomic mass is 35.5. The van der Waals surface area contributed by atoms with Crippen molar-refractivity contribution in [1.29, 1.82) is 0 Å². The number of ether oxygens (including phenoxy) is 2. The number of amides is 1. The number of carbonyl (C=O) groups is 1. The summed E-state index contributed by atoms with van der Waals surface area (Å²) in [6.45, 7) is 6.54. The van der Waals surface area contributed by atoms with Gasteiger partial charge in [0.05, 0.1) is 17.9 Å². The van der Waals surface area contributed by atoms with Crippen LogP contribution in [0.4, 0.5) is 5.69 Å². The molecule has 3 aromatic rings. The summed E-state index contributed by atoms with van der Waals surface area (Å²) < 4.78 is 13.1. The highest BCUT2D eigenvalue weighted by Gasteiger charge is 2.20. The molecule has 7 nitrogen and oxygen atoms in total. The Labute approximate surface area is 191 Å². The van der Waals surface area contributed by atoms with E-state index in [9.17, 15) is 4.79 Å². The van der Waals surface area contributed by atoms with Gasteiger partial charge in [-0.25, -0.2) is 0 Å². The van der Waals surface area contributed by atoms with Crippen molar-refractivity contribution >= 4 is 35.0 Å². The molecule has 0 aliphatic heterocycles. The molecule has 9 heteroatoms. The van der Waals surface area contributed by atoms with Crippen LogP contribution in [-0.2, 0) is 11.3 Å². The Hall–Kier alpha value is -2.71. The van der Waals surface area contributed by atoms with Crippen LogP contribution in [0.1, 0.15) is 31.3 Å². The van der Waals surface area contributed by atoms with E-state index in [4.69, 9.17) is 21.1 Å². The number of benzene rings is 2. The SMILES string of the molecule is CCn1c(SCC(=O)Nc2ccc(OC)cc2)nnc1C(C)Oc1cc(C)ccc1Cl. The summed E-state index contributed by atoms with van der Waals surface area (Å²) in [5.74, 6) is 2.10. The van der Waals surface area contributed by atoms with Gasteiger partial charge in [-0.2, -0.15) is 0 Å². The molecule has 0 aliphatic rings. The van der Waals surface area contributed by atoms with E-state index < -0.39 is 0 Å². The topological polar surface area (TPSA) is 78.3 Å². The predicted octanol–water partition coefficient (Wildman–Crippen LogP) is 5.14. The van der Waals surface area contributed by atoms with Gasteiger partial charge in [0.1, 0.15) is 11.5 Å². The van der Waals surface area contributed by atoms with Crippen molar-refractivity contribution in [2.24, 2.45) is 0 Å². The number of carbonyl (C=O) groups excluding carboxylic acids is 1. The van der Waals surface area contributed by atoms with Crippen molar-refractivity contribution in [3.8, 4) is 11.5 Å². The van der Waals surface area contributed by atoms with Gasteiger partial charge < -0.3 is 19.4 Å². The number of rotatable bonds is 9. The lowest BCUT2D eigenvalue weighted by Crippen LogP contribution is -2.15. The number of thioether (sulfide) groups is 1. The Morgan fingerprint density at radius 3 is 2.65 bits per heavy atom. The van der Waals surface area contributed by atoms with Gasteiger partial charge in [0.2, 0.25) is 5.91 Å². The molecule has 31 heavy (non-hydrogen) atoms. The molecule has 1 aromatic heterocycles. The number of aromatic nitrogens is 3. The molecule has 0 aliphatic carbocycles. The van der Waals surface area contributed by atoms with E-state index in [2.05, 4.69) is 15.5 Å². The van der Waals surface area contributed by atoms with Crippen molar-refractivity contribution in [3.63, 3.8) is 0 Å². The zero-order valence-corrected chi connectivity index (χ0v) is 19.5. The van der Waals surface area contributed by atoms with Crippen LogP contribution in [0.5, 0.6) is 11.5 Å². The van der Waals surface area contributed by atoms with Crippen LogP contribution < -0.4 is 14.8 Å². The Bertz CT molecular complexity index is 1040. The number of nitrogens with zero attached hydrogens (tertiary/aromatic N) is 3. The van der Waals surface area contributed by atoms with Crippen molar-refractivity contribution in [1.82, 2.24) is 14.8 Å². The summed E-state index contributed by atoms with van der Waals surface area (Å²) in [4.78, 5) is 12.3. The first-order valence-electron chi connectivity index (χ1n) is 9.83. The molecule has 3 rings (SSSR count). The molecule has 0 spiro atoms. The zero-order valence-electron chi connectivity index (χ0n) is 17.9. The van der Waals surface area contributed by atoms with Crippen molar-refractivity contribution < 1.29 is 14.3 Å². The van der Waals surface area contributed by atoms with Crippen LogP contribution in [0.15, 0.2) is 47.6 Å². The number of halogens is 1. The Morgan fingerprint density at radius 1 is 1.23 bits per heavy atom. The summed E-state index contributed by atoms with van der Waals surface area (Å²) >= 11 is 7.58. The largest absolute Gasteiger partial charge is 0.497 e. The van der Waals surface area contributed by atoms with E-state index in [1.54, 1.807) is 31.4 Å². The van der Waals surface area contributed by atoms with Gasteiger partial charge in [0.15, 0.2) is 17.1 Å². The second-order valence-electron chi connectivity index (χ2n) is 6.84. The average molecular weight is 461 g/mol. The van der Waals surface area contributed by atoms with E-state index in [-0.39, 0.29) is 17.8 Å². The standard InChI is InChI=1S/C22H25ClN4O3S/c1-5-27-21(15(3)30-19-12-14(2)6-11-18(19)23)25-26-22(27)31-13-20(28)24-16-7-9-17(29-4)10-8-16/h6-12,15H,5,13H2,1-4H3,(H,24,28). The molecule has 1 amide bonds. The highest BCUT2D eigenvalue weighted by molar-refractivity contribution is 7.99. The number of hydrogen-bond acceptors (Lipinski definition) is 6. The summed E-state index contributed by atoms with van der Waals surface area (Å²) in [7, 11) is 1.60. The molecular formula is C22H25ClN4O3S. The Balaban J connectivity index is 1.63. The fraction of sp³-hybridized carbons (Fsp3) is 0.318. The predicted molar refractivity (Wildman–Crippen MR) is 123 cm³/mol.